The molecule has 122 valence electrons. The van der Waals surface area contributed by atoms with Crippen molar-refractivity contribution in [3.8, 4) is 22.6 Å². The molecule has 4 heteroatoms. The van der Waals surface area contributed by atoms with Gasteiger partial charge in [-0.3, -0.25) is 0 Å². The van der Waals surface area contributed by atoms with Crippen LogP contribution in [-0.2, 0) is 0 Å². The number of nitrogens with one attached hydrogen (secondary N) is 1. The number of hydrogen-bond donors (Lipinski definition) is 1. The van der Waals surface area contributed by atoms with Crippen LogP contribution in [0.2, 0.25) is 5.02 Å². The van der Waals surface area contributed by atoms with Crippen LogP contribution in [0.15, 0.2) is 89.3 Å². The zero-order valence-electron chi connectivity index (χ0n) is 13.3. The molecule has 1 aromatic heterocycles. The van der Waals surface area contributed by atoms with Crippen LogP contribution in [0.25, 0.3) is 22.6 Å². The van der Waals surface area contributed by atoms with Crippen molar-refractivity contribution in [3.63, 3.8) is 0 Å². The molecule has 4 aromatic rings. The standard InChI is InChI=1S/C21H15ClN2O/c22-17-11-13-18(14-12-17)23-21-24-19(15-7-3-1-4-8-15)20(25-21)16-9-5-2-6-10-16/h1-14H,(H,23,24). The lowest BCUT2D eigenvalue weighted by Gasteiger charge is -2.01. The van der Waals surface area contributed by atoms with E-state index in [9.17, 15) is 0 Å². The third-order valence-corrected chi connectivity index (χ3v) is 4.06. The zero-order chi connectivity index (χ0) is 17.1. The second-order valence-electron chi connectivity index (χ2n) is 5.56. The van der Waals surface area contributed by atoms with Crippen LogP contribution in [0.1, 0.15) is 0 Å². The Labute approximate surface area is 150 Å². The summed E-state index contributed by atoms with van der Waals surface area (Å²) >= 11 is 5.94. The van der Waals surface area contributed by atoms with Crippen LogP contribution in [0.3, 0.4) is 0 Å². The van der Waals surface area contributed by atoms with Crippen molar-refractivity contribution < 1.29 is 4.42 Å². The molecule has 3 aromatic carbocycles. The van der Waals surface area contributed by atoms with Crippen LogP contribution in [0.5, 0.6) is 0 Å². The van der Waals surface area contributed by atoms with E-state index in [0.29, 0.717) is 11.0 Å². The second-order valence-corrected chi connectivity index (χ2v) is 6.00. The Balaban J connectivity index is 1.77. The van der Waals surface area contributed by atoms with Gasteiger partial charge < -0.3 is 9.73 Å². The van der Waals surface area contributed by atoms with Crippen molar-refractivity contribution in [2.75, 3.05) is 5.32 Å². The Bertz CT molecular complexity index is 907. The van der Waals surface area contributed by atoms with E-state index in [1.54, 1.807) is 0 Å². The molecule has 0 fully saturated rings. The Morgan fingerprint density at radius 1 is 0.720 bits per heavy atom. The first kappa shape index (κ1) is 15.5. The van der Waals surface area contributed by atoms with E-state index in [1.807, 2.05) is 84.9 Å². The van der Waals surface area contributed by atoms with Gasteiger partial charge in [0, 0.05) is 21.8 Å². The molecule has 0 bridgehead atoms. The lowest BCUT2D eigenvalue weighted by molar-refractivity contribution is 0.592. The molecule has 0 radical (unpaired) electrons. The number of rotatable bonds is 4. The van der Waals surface area contributed by atoms with E-state index in [4.69, 9.17) is 16.0 Å². The molecular formula is C21H15ClN2O. The van der Waals surface area contributed by atoms with Gasteiger partial charge in [0.1, 0.15) is 5.69 Å². The van der Waals surface area contributed by atoms with E-state index in [-0.39, 0.29) is 0 Å². The van der Waals surface area contributed by atoms with Crippen molar-refractivity contribution in [1.29, 1.82) is 0 Å². The number of oxazole rings is 1. The lowest BCUT2D eigenvalue weighted by atomic mass is 10.1. The molecule has 0 spiro atoms. The van der Waals surface area contributed by atoms with Crippen LogP contribution in [0, 0.1) is 0 Å². The van der Waals surface area contributed by atoms with Crippen molar-refractivity contribution >= 4 is 23.3 Å². The van der Waals surface area contributed by atoms with E-state index in [2.05, 4.69) is 10.3 Å². The molecule has 0 aliphatic heterocycles. The summed E-state index contributed by atoms with van der Waals surface area (Å²) in [5, 5.41) is 3.88. The molecule has 0 unspecified atom stereocenters. The van der Waals surface area contributed by atoms with Gasteiger partial charge in [0.05, 0.1) is 0 Å². The molecule has 0 saturated carbocycles. The van der Waals surface area contributed by atoms with Crippen LogP contribution in [0.4, 0.5) is 11.7 Å². The number of benzene rings is 3. The second kappa shape index (κ2) is 6.83. The lowest BCUT2D eigenvalue weighted by Crippen LogP contribution is -1.89. The fraction of sp³-hybridized carbons (Fsp3) is 0. The van der Waals surface area contributed by atoms with Crippen molar-refractivity contribution in [3.05, 3.63) is 90.0 Å². The highest BCUT2D eigenvalue weighted by molar-refractivity contribution is 6.30. The highest BCUT2D eigenvalue weighted by Gasteiger charge is 2.16. The Morgan fingerprint density at radius 3 is 1.96 bits per heavy atom. The van der Waals surface area contributed by atoms with E-state index in [0.717, 1.165) is 28.3 Å². The smallest absolute Gasteiger partial charge is 0.300 e. The molecule has 0 atom stereocenters. The number of hydrogen-bond acceptors (Lipinski definition) is 3. The summed E-state index contributed by atoms with van der Waals surface area (Å²) in [6.07, 6.45) is 0. The number of aromatic nitrogens is 1. The average molecular weight is 347 g/mol. The summed E-state index contributed by atoms with van der Waals surface area (Å²) in [5.41, 5.74) is 3.67. The predicted molar refractivity (Wildman–Crippen MR) is 102 cm³/mol. The topological polar surface area (TPSA) is 38.1 Å². The average Bonchev–Trinajstić information content (AvgIpc) is 3.09. The molecular weight excluding hydrogens is 332 g/mol. The largest absolute Gasteiger partial charge is 0.423 e. The molecule has 1 heterocycles. The van der Waals surface area contributed by atoms with Gasteiger partial charge in [-0.15, -0.1) is 0 Å². The summed E-state index contributed by atoms with van der Waals surface area (Å²) in [5.74, 6) is 0.739. The maximum Gasteiger partial charge on any atom is 0.300 e. The SMILES string of the molecule is Clc1ccc(Nc2nc(-c3ccccc3)c(-c3ccccc3)o2)cc1. The molecule has 4 rings (SSSR count). The van der Waals surface area contributed by atoms with Gasteiger partial charge in [-0.2, -0.15) is 4.98 Å². The minimum Gasteiger partial charge on any atom is -0.423 e. The number of nitrogens with zero attached hydrogens (tertiary/aromatic N) is 1. The summed E-state index contributed by atoms with van der Waals surface area (Å²) in [7, 11) is 0. The fourth-order valence-corrected chi connectivity index (χ4v) is 2.73. The minimum absolute atomic E-state index is 0.444. The summed E-state index contributed by atoms with van der Waals surface area (Å²) in [4.78, 5) is 4.66. The van der Waals surface area contributed by atoms with Gasteiger partial charge in [0.2, 0.25) is 0 Å². The minimum atomic E-state index is 0.444. The molecule has 1 N–H and O–H groups in total. The first-order valence-electron chi connectivity index (χ1n) is 7.94. The van der Waals surface area contributed by atoms with Crippen molar-refractivity contribution in [2.45, 2.75) is 0 Å². The third kappa shape index (κ3) is 3.42. The van der Waals surface area contributed by atoms with Crippen LogP contribution < -0.4 is 5.32 Å². The monoisotopic (exact) mass is 346 g/mol. The normalized spacial score (nSPS) is 10.6. The van der Waals surface area contributed by atoms with Crippen molar-refractivity contribution in [2.24, 2.45) is 0 Å². The maximum atomic E-state index is 6.03. The first-order chi connectivity index (χ1) is 12.3. The Morgan fingerprint density at radius 2 is 1.32 bits per heavy atom. The quantitative estimate of drug-likeness (QED) is 0.464. The molecule has 0 aliphatic carbocycles. The predicted octanol–water partition coefficient (Wildman–Crippen LogP) is 6.41. The highest BCUT2D eigenvalue weighted by atomic mass is 35.5. The molecule has 0 amide bonds. The van der Waals surface area contributed by atoms with E-state index < -0.39 is 0 Å². The Kier molecular flexibility index (Phi) is 4.23. The van der Waals surface area contributed by atoms with E-state index in [1.165, 1.54) is 0 Å². The summed E-state index contributed by atoms with van der Waals surface area (Å²) < 4.78 is 6.03. The van der Waals surface area contributed by atoms with Gasteiger partial charge in [0.15, 0.2) is 5.76 Å². The summed E-state index contributed by atoms with van der Waals surface area (Å²) in [6, 6.07) is 27.9. The van der Waals surface area contributed by atoms with Gasteiger partial charge in [0.25, 0.3) is 6.01 Å². The van der Waals surface area contributed by atoms with Crippen LogP contribution >= 0.6 is 11.6 Å². The molecule has 0 aliphatic rings. The van der Waals surface area contributed by atoms with Gasteiger partial charge in [-0.1, -0.05) is 72.3 Å². The van der Waals surface area contributed by atoms with Crippen LogP contribution in [-0.4, -0.2) is 4.98 Å². The van der Waals surface area contributed by atoms with Gasteiger partial charge in [-0.25, -0.2) is 0 Å². The Hall–Kier alpha value is -3.04. The zero-order valence-corrected chi connectivity index (χ0v) is 14.1. The van der Waals surface area contributed by atoms with Gasteiger partial charge in [-0.05, 0) is 24.3 Å². The van der Waals surface area contributed by atoms with Crippen molar-refractivity contribution in [1.82, 2.24) is 4.98 Å². The highest BCUT2D eigenvalue weighted by Crippen LogP contribution is 2.35. The fourth-order valence-electron chi connectivity index (χ4n) is 2.61. The van der Waals surface area contributed by atoms with Gasteiger partial charge >= 0.3 is 0 Å². The third-order valence-electron chi connectivity index (χ3n) is 3.81. The molecule has 3 nitrogen and oxygen atoms in total. The summed E-state index contributed by atoms with van der Waals surface area (Å²) in [6.45, 7) is 0. The maximum absolute atomic E-state index is 6.03. The first-order valence-corrected chi connectivity index (χ1v) is 8.32. The molecule has 0 saturated heterocycles. The van der Waals surface area contributed by atoms with E-state index >= 15 is 0 Å². The molecule has 25 heavy (non-hydrogen) atoms. The number of halogens is 1. The number of anilines is 2.